The zero-order chi connectivity index (χ0) is 82.5. The van der Waals surface area contributed by atoms with Gasteiger partial charge in [-0.3, -0.25) is 14.7 Å². The number of aromatic hydroxyl groups is 2. The van der Waals surface area contributed by atoms with E-state index in [4.69, 9.17) is 14.2 Å². The van der Waals surface area contributed by atoms with Crippen LogP contribution in [-0.4, -0.2) is 171 Å². The van der Waals surface area contributed by atoms with Gasteiger partial charge in [-0.25, -0.2) is 0 Å². The van der Waals surface area contributed by atoms with Crippen LogP contribution in [0.15, 0.2) is 24.3 Å². The van der Waals surface area contributed by atoms with Crippen LogP contribution < -0.4 is 4.65 Å². The number of unbranched alkanes of at least 4 members (excludes halogenated alkanes) is 5. The first-order valence-electron chi connectivity index (χ1n) is 40.4. The summed E-state index contributed by atoms with van der Waals surface area (Å²) < 4.78 is 22.7. The van der Waals surface area contributed by atoms with Crippen molar-refractivity contribution in [2.24, 2.45) is 0 Å². The van der Waals surface area contributed by atoms with Crippen LogP contribution in [0.5, 0.6) is 11.5 Å². The quantitative estimate of drug-likeness (QED) is 0.118. The summed E-state index contributed by atoms with van der Waals surface area (Å²) >= 11 is 0. The molecule has 616 valence electrons. The molecular weight excluding hydrogens is 1460 g/mol. The van der Waals surface area contributed by atoms with Crippen molar-refractivity contribution in [3.63, 3.8) is 0 Å². The SMILES string of the molecule is CC.CC.CC(C)(C)c1cc(CN2CCOCC2)c(O)c(C(C)(C)C)c1.CC(C)(C)c1cc(CN2CCOCC2)c(O)c(CN2CCOCC2)c1.CCC.CCC.CCCC.CCCCC.CN([Si](C)(C)C)[Si](C)(C)C.C[Si](C)(C)N[Si](C)(C)C.[CH2-]C.[CH2-]C.[CH2-]C.[CH2-]C.[CH2-]CCC.[CH2-]CCC.[Mg+2].[Zn+2].[Zn+2]. The molecule has 3 fully saturated rings. The smallest absolute Gasteiger partial charge is 0.507 e. The average Bonchev–Trinajstić information content (AvgIpc) is 0.808. The normalized spacial score (nSPS) is 13.3. The molecule has 0 bridgehead atoms. The van der Waals surface area contributed by atoms with Crippen LogP contribution in [0.4, 0.5) is 0 Å². The van der Waals surface area contributed by atoms with Gasteiger partial charge in [0.05, 0.1) is 39.6 Å². The van der Waals surface area contributed by atoms with Crippen molar-refractivity contribution in [3.8, 4) is 11.5 Å². The van der Waals surface area contributed by atoms with Crippen molar-refractivity contribution in [1.29, 1.82) is 0 Å². The Kier molecular flexibility index (Phi) is 113. The van der Waals surface area contributed by atoms with Crippen LogP contribution in [0.2, 0.25) is 78.6 Å². The summed E-state index contributed by atoms with van der Waals surface area (Å²) in [6.45, 7) is 118. The fourth-order valence-electron chi connectivity index (χ4n) is 8.74. The number of benzene rings is 2. The molecule has 3 aliphatic heterocycles. The third kappa shape index (κ3) is 88.2. The Labute approximate surface area is 705 Å². The molecule has 0 spiro atoms. The van der Waals surface area contributed by atoms with Crippen LogP contribution in [0.3, 0.4) is 0 Å². The van der Waals surface area contributed by atoms with Gasteiger partial charge in [-0.2, -0.15) is 40.5 Å². The number of rotatable bonds is 15. The molecule has 3 saturated heterocycles. The summed E-state index contributed by atoms with van der Waals surface area (Å²) in [5, 5.41) is 21.7. The summed E-state index contributed by atoms with van der Waals surface area (Å²) in [6, 6.07) is 8.74. The fraction of sp³-hybridized carbons (Fsp3) is 0.793. The second-order valence-corrected chi connectivity index (χ2v) is 52.1. The van der Waals surface area contributed by atoms with E-state index in [2.05, 4.69) is 307 Å². The maximum absolute atomic E-state index is 10.9. The Balaban J connectivity index is -0.0000000773. The number of hydrogen-bond acceptors (Lipinski definition) is 10. The zero-order valence-electron chi connectivity index (χ0n) is 79.0. The summed E-state index contributed by atoms with van der Waals surface area (Å²) in [5.41, 5.74) is 6.82. The number of nitrogens with one attached hydrogen (secondary N) is 1. The predicted molar refractivity (Wildman–Crippen MR) is 486 cm³/mol. The number of hydrogen-bond donors (Lipinski definition) is 3. The van der Waals surface area contributed by atoms with E-state index >= 15 is 0 Å². The van der Waals surface area contributed by atoms with Crippen molar-refractivity contribution in [1.82, 2.24) is 23.6 Å². The number of morpholine rings is 3. The molecular formula is C87H191MgN5O5Si4Zn2. The van der Waals surface area contributed by atoms with Crippen LogP contribution in [0.1, 0.15) is 291 Å². The van der Waals surface area contributed by atoms with Gasteiger partial charge in [-0.05, 0) is 40.0 Å². The molecule has 0 unspecified atom stereocenters. The summed E-state index contributed by atoms with van der Waals surface area (Å²) in [5.74, 6) is 0.929. The average molecular weight is 1650 g/mol. The van der Waals surface area contributed by atoms with E-state index in [1.54, 1.807) is 27.7 Å². The largest absolute Gasteiger partial charge is 2.00 e. The molecule has 0 aliphatic carbocycles. The zero-order valence-corrected chi connectivity index (χ0v) is 90.3. The minimum Gasteiger partial charge on any atom is -0.507 e. The molecule has 17 heteroatoms. The van der Waals surface area contributed by atoms with Gasteiger partial charge in [0, 0.05) is 75.6 Å². The van der Waals surface area contributed by atoms with Crippen molar-refractivity contribution in [2.45, 2.75) is 372 Å². The summed E-state index contributed by atoms with van der Waals surface area (Å²) in [7, 11) is -1.67. The molecule has 10 nitrogen and oxygen atoms in total. The van der Waals surface area contributed by atoms with Gasteiger partial charge in [0.25, 0.3) is 0 Å². The van der Waals surface area contributed by atoms with Gasteiger partial charge in [0.1, 0.15) is 44.4 Å². The third-order valence-electron chi connectivity index (χ3n) is 14.2. The summed E-state index contributed by atoms with van der Waals surface area (Å²) in [4.78, 5) is 7.09. The van der Waals surface area contributed by atoms with Crippen LogP contribution in [-0.2, 0) is 89.0 Å². The second-order valence-electron chi connectivity index (χ2n) is 31.6. The summed E-state index contributed by atoms with van der Waals surface area (Å²) in [6.07, 6.45) is 13.8. The van der Waals surface area contributed by atoms with Crippen LogP contribution in [0.25, 0.3) is 0 Å². The molecule has 3 N–H and O–H groups in total. The molecule has 5 rings (SSSR count). The molecule has 0 amide bonds. The van der Waals surface area contributed by atoms with E-state index in [1.165, 1.54) is 68.9 Å². The first-order chi connectivity index (χ1) is 46.9. The first-order valence-corrected chi connectivity index (χ1v) is 54.3. The second kappa shape index (κ2) is 86.0. The molecule has 0 atom stereocenters. The fourth-order valence-corrected chi connectivity index (χ4v) is 25.8. The monoisotopic (exact) mass is 1650 g/mol. The minimum absolute atomic E-state index is 0. The van der Waals surface area contributed by atoms with Gasteiger partial charge in [0.2, 0.25) is 0 Å². The van der Waals surface area contributed by atoms with E-state index in [9.17, 15) is 10.2 Å². The predicted octanol–water partition coefficient (Wildman–Crippen LogP) is 26.1. The molecule has 3 aliphatic rings. The Morgan fingerprint density at radius 1 is 0.404 bits per heavy atom. The van der Waals surface area contributed by atoms with Gasteiger partial charge in [0.15, 0.2) is 0 Å². The Hall–Kier alpha value is 0.601. The molecule has 0 radical (unpaired) electrons. The maximum Gasteiger partial charge on any atom is 2.00 e. The number of phenolic OH excluding ortho intramolecular Hbond substituents is 2. The first kappa shape index (κ1) is 137. The standard InChI is InChI=1S/C20H32N2O3.C19H31NO2.C7H21NSi2.C6H19NSi2.C5H12.C4H10.2C4H9.2C3H8.2C2H6.4C2H5.Mg.2Zn/c1-20(2,3)18-12-16(14-21-4-8-24-9-5-21)19(23)17(13-18)15-22-6-10-25-11-7-22;1-18(2,3)15-11-14(13-20-7-9-22-10-8-20)17(21)16(12-15)19(4,5)6;1-8(9(2,3)4)10(5,6)7;1-8(2,3)7-9(4,5)6;1-3-5-4-2;3*1-3-4-2;2*1-3-2;6*1-2;;;/h12-13,23H,4-11,14-15H2,1-3H3;11-12,21H,7-10,13H2,1-6H3;1-7H3;7H,1-6H3;3-5H2,1-2H3;3-4H2,1-2H3;2*1,3-4H2,2H3;2*3H2,1-2H3;2*1-2H3;4*1H2,2H3;;;/q;;;;;;2*-1;;;;;4*-1;3*+2. The molecule has 0 aromatic heterocycles. The molecule has 3 heterocycles. The van der Waals surface area contributed by atoms with E-state index in [0.717, 1.165) is 134 Å². The van der Waals surface area contributed by atoms with Crippen molar-refractivity contribution >= 4 is 56.0 Å². The van der Waals surface area contributed by atoms with Crippen molar-refractivity contribution in [2.75, 3.05) is 86.0 Å². The van der Waals surface area contributed by atoms with E-state index in [-0.39, 0.29) is 78.3 Å². The van der Waals surface area contributed by atoms with Gasteiger partial charge in [-0.1, -0.05) is 320 Å². The van der Waals surface area contributed by atoms with E-state index in [1.807, 2.05) is 27.7 Å². The van der Waals surface area contributed by atoms with E-state index < -0.39 is 32.9 Å². The molecule has 104 heavy (non-hydrogen) atoms. The van der Waals surface area contributed by atoms with Crippen molar-refractivity contribution in [3.05, 3.63) is 99.2 Å². The van der Waals surface area contributed by atoms with Gasteiger partial charge >= 0.3 is 62.0 Å². The Morgan fingerprint density at radius 3 is 0.750 bits per heavy atom. The number of phenols is 2. The van der Waals surface area contributed by atoms with Gasteiger partial charge < -0.3 is 74.8 Å². The molecule has 0 saturated carbocycles. The molecule has 2 aromatic carbocycles. The topological polar surface area (TPSA) is 93.1 Å². The Bertz CT molecular complexity index is 1880. The minimum atomic E-state index is -1.00. The maximum atomic E-state index is 10.9. The van der Waals surface area contributed by atoms with Crippen molar-refractivity contribution < 1.29 is 63.4 Å². The van der Waals surface area contributed by atoms with Crippen LogP contribution in [0, 0.1) is 41.5 Å². The van der Waals surface area contributed by atoms with Gasteiger partial charge in [-0.15, -0.1) is 0 Å². The third-order valence-corrected chi connectivity index (χ3v) is 28.2. The molecule has 2 aromatic rings. The van der Waals surface area contributed by atoms with Crippen LogP contribution >= 0.6 is 0 Å². The van der Waals surface area contributed by atoms with E-state index in [0.29, 0.717) is 11.5 Å². The number of nitrogens with zero attached hydrogens (tertiary/aromatic N) is 4. The Morgan fingerprint density at radius 2 is 0.615 bits per heavy atom. The number of ether oxygens (including phenoxy) is 3.